The highest BCUT2D eigenvalue weighted by Crippen LogP contribution is 2.24. The molecule has 0 aliphatic carbocycles. The minimum atomic E-state index is 0.293. The van der Waals surface area contributed by atoms with Crippen molar-refractivity contribution in [3.05, 3.63) is 70.9 Å². The van der Waals surface area contributed by atoms with Crippen LogP contribution in [-0.4, -0.2) is 26.4 Å². The highest BCUT2D eigenvalue weighted by Gasteiger charge is 2.09. The summed E-state index contributed by atoms with van der Waals surface area (Å²) >= 11 is 5.92. The van der Waals surface area contributed by atoms with Crippen LogP contribution in [0, 0.1) is 6.92 Å². The third-order valence-corrected chi connectivity index (χ3v) is 4.73. The summed E-state index contributed by atoms with van der Waals surface area (Å²) in [5, 5.41) is 14.2. The van der Waals surface area contributed by atoms with Crippen molar-refractivity contribution in [3.8, 4) is 11.3 Å². The van der Waals surface area contributed by atoms with E-state index in [1.165, 1.54) is 0 Å². The second-order valence-electron chi connectivity index (χ2n) is 6.59. The highest BCUT2D eigenvalue weighted by molar-refractivity contribution is 6.30. The van der Waals surface area contributed by atoms with Crippen molar-refractivity contribution in [1.29, 1.82) is 0 Å². The van der Waals surface area contributed by atoms with Crippen LogP contribution >= 0.6 is 11.6 Å². The van der Waals surface area contributed by atoms with Gasteiger partial charge in [-0.2, -0.15) is 10.1 Å². The van der Waals surface area contributed by atoms with Crippen LogP contribution in [0.15, 0.2) is 64.1 Å². The first-order valence-corrected chi connectivity index (χ1v) is 9.31. The van der Waals surface area contributed by atoms with Crippen LogP contribution in [0.1, 0.15) is 11.3 Å². The fourth-order valence-corrected chi connectivity index (χ4v) is 3.20. The lowest BCUT2D eigenvalue weighted by Gasteiger charge is -1.97. The summed E-state index contributed by atoms with van der Waals surface area (Å²) in [5.74, 6) is 1.62. The molecule has 0 unspecified atom stereocenters. The molecule has 8 heteroatoms. The molecule has 0 spiro atoms. The molecule has 0 aliphatic rings. The second-order valence-corrected chi connectivity index (χ2v) is 7.02. The smallest absolute Gasteiger partial charge is 0.265 e. The molecule has 29 heavy (non-hydrogen) atoms. The number of anilines is 1. The highest BCUT2D eigenvalue weighted by atomic mass is 35.5. The lowest BCUT2D eigenvalue weighted by molar-refractivity contribution is 0.575. The average Bonchev–Trinajstić information content (AvgIpc) is 3.33. The monoisotopic (exact) mass is 402 g/mol. The lowest BCUT2D eigenvalue weighted by Crippen LogP contribution is -1.98. The fraction of sp³-hybridized carbons (Fsp3) is 0.0476. The van der Waals surface area contributed by atoms with Crippen LogP contribution in [0.4, 0.5) is 5.95 Å². The van der Waals surface area contributed by atoms with Crippen LogP contribution in [0.25, 0.3) is 33.4 Å². The number of furan rings is 1. The van der Waals surface area contributed by atoms with E-state index in [0.717, 1.165) is 33.3 Å². The van der Waals surface area contributed by atoms with E-state index in [4.69, 9.17) is 16.0 Å². The van der Waals surface area contributed by atoms with Gasteiger partial charge in [0.1, 0.15) is 17.0 Å². The third-order valence-electron chi connectivity index (χ3n) is 4.48. The standard InChI is InChI=1S/C21H15ClN6O/c1-12-2-8-17-16(10-12)19-20(24-17)25-21(28-26-19)27-23-11-15-7-9-18(29-15)13-3-5-14(22)6-4-13/h2-11H,1H3,(H2,24,25,27,28)/b23-11-. The molecule has 0 fully saturated rings. The van der Waals surface area contributed by atoms with Crippen molar-refractivity contribution < 1.29 is 4.42 Å². The van der Waals surface area contributed by atoms with Gasteiger partial charge >= 0.3 is 0 Å². The number of halogens is 1. The van der Waals surface area contributed by atoms with Crippen molar-refractivity contribution in [2.45, 2.75) is 6.92 Å². The van der Waals surface area contributed by atoms with Gasteiger partial charge in [0.05, 0.1) is 6.21 Å². The molecule has 2 N–H and O–H groups in total. The Labute approximate surface area is 170 Å². The van der Waals surface area contributed by atoms with E-state index in [-0.39, 0.29) is 0 Å². The molecule has 0 atom stereocenters. The molecule has 0 aliphatic heterocycles. The molecule has 5 aromatic rings. The molecule has 0 amide bonds. The Kier molecular flexibility index (Phi) is 4.22. The van der Waals surface area contributed by atoms with Crippen LogP contribution in [0.5, 0.6) is 0 Å². The Balaban J connectivity index is 1.34. The Morgan fingerprint density at radius 2 is 1.93 bits per heavy atom. The number of nitrogens with zero attached hydrogens (tertiary/aromatic N) is 4. The molecule has 2 aromatic carbocycles. The quantitative estimate of drug-likeness (QED) is 0.319. The number of aromatic amines is 1. The minimum Gasteiger partial charge on any atom is -0.455 e. The first-order chi connectivity index (χ1) is 14.2. The van der Waals surface area contributed by atoms with E-state index < -0.39 is 0 Å². The Morgan fingerprint density at radius 3 is 2.79 bits per heavy atom. The minimum absolute atomic E-state index is 0.293. The van der Waals surface area contributed by atoms with E-state index in [1.54, 1.807) is 6.21 Å². The van der Waals surface area contributed by atoms with E-state index in [1.807, 2.05) is 55.5 Å². The molecular formula is C21H15ClN6O. The van der Waals surface area contributed by atoms with Gasteiger partial charge in [-0.25, -0.2) is 5.43 Å². The average molecular weight is 403 g/mol. The fourth-order valence-electron chi connectivity index (χ4n) is 3.08. The molecule has 0 radical (unpaired) electrons. The predicted molar refractivity (Wildman–Crippen MR) is 114 cm³/mol. The van der Waals surface area contributed by atoms with Gasteiger partial charge in [0.15, 0.2) is 5.65 Å². The zero-order valence-corrected chi connectivity index (χ0v) is 16.1. The number of nitrogens with one attached hydrogen (secondary N) is 2. The molecule has 0 saturated heterocycles. The van der Waals surface area contributed by atoms with Crippen LogP contribution in [0.3, 0.4) is 0 Å². The molecular weight excluding hydrogens is 388 g/mol. The largest absolute Gasteiger partial charge is 0.455 e. The van der Waals surface area contributed by atoms with Crippen LogP contribution in [0.2, 0.25) is 5.02 Å². The molecule has 0 bridgehead atoms. The summed E-state index contributed by atoms with van der Waals surface area (Å²) in [6.07, 6.45) is 1.56. The maximum Gasteiger partial charge on any atom is 0.265 e. The molecule has 5 rings (SSSR count). The van der Waals surface area contributed by atoms with Gasteiger partial charge in [-0.3, -0.25) is 0 Å². The number of aryl methyl sites for hydroxylation is 1. The van der Waals surface area contributed by atoms with Gasteiger partial charge in [-0.15, -0.1) is 10.2 Å². The van der Waals surface area contributed by atoms with E-state index >= 15 is 0 Å². The Hall–Kier alpha value is -3.71. The van der Waals surface area contributed by atoms with Crippen molar-refractivity contribution >= 4 is 45.8 Å². The number of hydrogen-bond donors (Lipinski definition) is 2. The van der Waals surface area contributed by atoms with E-state index in [0.29, 0.717) is 22.4 Å². The van der Waals surface area contributed by atoms with E-state index in [9.17, 15) is 0 Å². The predicted octanol–water partition coefficient (Wildman–Crippen LogP) is 5.17. The van der Waals surface area contributed by atoms with Crippen LogP contribution < -0.4 is 5.43 Å². The maximum atomic E-state index is 5.92. The summed E-state index contributed by atoms with van der Waals surface area (Å²) < 4.78 is 5.77. The topological polar surface area (TPSA) is 92.0 Å². The van der Waals surface area contributed by atoms with Crippen LogP contribution in [-0.2, 0) is 0 Å². The Bertz CT molecular complexity index is 1350. The molecule has 0 saturated carbocycles. The normalized spacial score (nSPS) is 11.7. The lowest BCUT2D eigenvalue weighted by atomic mass is 10.2. The molecule has 3 aromatic heterocycles. The van der Waals surface area contributed by atoms with Gasteiger partial charge in [-0.1, -0.05) is 23.2 Å². The van der Waals surface area contributed by atoms with Crippen molar-refractivity contribution in [2.24, 2.45) is 5.10 Å². The Morgan fingerprint density at radius 1 is 1.07 bits per heavy atom. The molecule has 3 heterocycles. The first kappa shape index (κ1) is 17.4. The molecule has 7 nitrogen and oxygen atoms in total. The van der Waals surface area contributed by atoms with Crippen molar-refractivity contribution in [1.82, 2.24) is 20.2 Å². The number of aromatic nitrogens is 4. The summed E-state index contributed by atoms with van der Waals surface area (Å²) in [6.45, 7) is 2.04. The number of benzene rings is 2. The number of fused-ring (bicyclic) bond motifs is 3. The molecule has 142 valence electrons. The van der Waals surface area contributed by atoms with Crippen molar-refractivity contribution in [2.75, 3.05) is 5.43 Å². The van der Waals surface area contributed by atoms with Crippen molar-refractivity contribution in [3.63, 3.8) is 0 Å². The van der Waals surface area contributed by atoms with Gasteiger partial charge in [0.25, 0.3) is 5.95 Å². The van der Waals surface area contributed by atoms with Gasteiger partial charge in [-0.05, 0) is 55.5 Å². The maximum absolute atomic E-state index is 5.92. The SMILES string of the molecule is Cc1ccc2[nH]c3nc(N/N=C\c4ccc(-c5ccc(Cl)cc5)o4)nnc3c2c1. The number of hydrogen-bond acceptors (Lipinski definition) is 6. The number of rotatable bonds is 4. The van der Waals surface area contributed by atoms with Gasteiger partial charge in [0.2, 0.25) is 0 Å². The summed E-state index contributed by atoms with van der Waals surface area (Å²) in [5.41, 5.74) is 7.24. The number of H-pyrrole nitrogens is 1. The zero-order chi connectivity index (χ0) is 19.8. The second kappa shape index (κ2) is 7.03. The van der Waals surface area contributed by atoms with Gasteiger partial charge in [0, 0.05) is 21.5 Å². The third kappa shape index (κ3) is 3.43. The summed E-state index contributed by atoms with van der Waals surface area (Å²) in [6, 6.07) is 17.3. The van der Waals surface area contributed by atoms with Gasteiger partial charge < -0.3 is 9.40 Å². The zero-order valence-electron chi connectivity index (χ0n) is 15.3. The van der Waals surface area contributed by atoms with E-state index in [2.05, 4.69) is 36.8 Å². The first-order valence-electron chi connectivity index (χ1n) is 8.93. The summed E-state index contributed by atoms with van der Waals surface area (Å²) in [7, 11) is 0. The summed E-state index contributed by atoms with van der Waals surface area (Å²) in [4.78, 5) is 7.68. The number of hydrazone groups is 1.